The summed E-state index contributed by atoms with van der Waals surface area (Å²) in [5.41, 5.74) is 1.31. The van der Waals surface area contributed by atoms with E-state index in [-0.39, 0.29) is 17.6 Å². The molecule has 7 nitrogen and oxygen atoms in total. The first-order chi connectivity index (χ1) is 16.5. The van der Waals surface area contributed by atoms with Crippen LogP contribution in [-0.2, 0) is 14.4 Å². The summed E-state index contributed by atoms with van der Waals surface area (Å²) in [5.74, 6) is -1.63. The van der Waals surface area contributed by atoms with Gasteiger partial charge in [-0.3, -0.25) is 14.4 Å². The Labute approximate surface area is 204 Å². The van der Waals surface area contributed by atoms with Crippen LogP contribution >= 0.6 is 11.8 Å². The third kappa shape index (κ3) is 7.66. The molecule has 1 aliphatic carbocycles. The Morgan fingerprint density at radius 2 is 1.56 bits per heavy atom. The number of amides is 2. The number of carboxylic acid groups (broad SMARTS) is 1. The van der Waals surface area contributed by atoms with Crippen molar-refractivity contribution in [3.8, 4) is 5.75 Å². The van der Waals surface area contributed by atoms with Gasteiger partial charge in [-0.1, -0.05) is 25.5 Å². The standard InChI is InChI=1S/C26H30N2O5S/c1-2-3-16-33-20-12-8-18(9-13-20)27-24(29)17-34-21-14-10-19(11-15-21)28-25(30)22-6-4-5-7-23(22)26(31)32/h4-5,8-15,22-23H,2-3,6-7,16-17H2,1H3,(H,27,29)(H,28,30)(H,31,32). The molecule has 0 heterocycles. The van der Waals surface area contributed by atoms with Crippen LogP contribution in [0.3, 0.4) is 0 Å². The topological polar surface area (TPSA) is 105 Å². The second-order valence-electron chi connectivity index (χ2n) is 8.07. The van der Waals surface area contributed by atoms with Gasteiger partial charge >= 0.3 is 5.97 Å². The predicted octanol–water partition coefficient (Wildman–Crippen LogP) is 5.20. The lowest BCUT2D eigenvalue weighted by Gasteiger charge is -2.24. The molecule has 2 aromatic rings. The number of carbonyl (C=O) groups excluding carboxylic acids is 2. The number of allylic oxidation sites excluding steroid dienone is 2. The van der Waals surface area contributed by atoms with E-state index in [4.69, 9.17) is 4.74 Å². The molecule has 0 saturated carbocycles. The smallest absolute Gasteiger partial charge is 0.307 e. The SMILES string of the molecule is CCCCOc1ccc(NC(=O)CSc2ccc(NC(=O)C3CC=CCC3C(=O)O)cc2)cc1. The molecule has 2 atom stereocenters. The molecule has 2 amide bonds. The highest BCUT2D eigenvalue weighted by Crippen LogP contribution is 2.28. The maximum atomic E-state index is 12.6. The molecule has 0 bridgehead atoms. The maximum Gasteiger partial charge on any atom is 0.307 e. The number of rotatable bonds is 11. The Balaban J connectivity index is 1.44. The Kier molecular flexibility index (Phi) is 9.58. The molecule has 0 fully saturated rings. The Hall–Kier alpha value is -3.26. The Bertz CT molecular complexity index is 1000. The number of anilines is 2. The molecule has 8 heteroatoms. The van der Waals surface area contributed by atoms with Crippen molar-refractivity contribution in [2.24, 2.45) is 11.8 Å². The maximum absolute atomic E-state index is 12.6. The molecule has 3 N–H and O–H groups in total. The lowest BCUT2D eigenvalue weighted by Crippen LogP contribution is -2.34. The van der Waals surface area contributed by atoms with E-state index in [1.54, 1.807) is 12.1 Å². The first-order valence-electron chi connectivity index (χ1n) is 11.4. The molecular formula is C26H30N2O5S. The van der Waals surface area contributed by atoms with Crippen LogP contribution in [0, 0.1) is 11.8 Å². The van der Waals surface area contributed by atoms with Crippen molar-refractivity contribution in [1.82, 2.24) is 0 Å². The molecule has 0 aromatic heterocycles. The molecule has 2 aromatic carbocycles. The van der Waals surface area contributed by atoms with Gasteiger partial charge in [0.2, 0.25) is 11.8 Å². The van der Waals surface area contributed by atoms with Crippen molar-refractivity contribution in [3.63, 3.8) is 0 Å². The molecule has 180 valence electrons. The number of hydrogen-bond acceptors (Lipinski definition) is 5. The summed E-state index contributed by atoms with van der Waals surface area (Å²) in [7, 11) is 0. The van der Waals surface area contributed by atoms with Crippen LogP contribution in [0.4, 0.5) is 11.4 Å². The molecule has 2 unspecified atom stereocenters. The summed E-state index contributed by atoms with van der Waals surface area (Å²) in [6, 6.07) is 14.5. The number of aliphatic carboxylic acids is 1. The zero-order valence-electron chi connectivity index (χ0n) is 19.2. The summed E-state index contributed by atoms with van der Waals surface area (Å²) in [6.07, 6.45) is 6.52. The summed E-state index contributed by atoms with van der Waals surface area (Å²) >= 11 is 1.39. The molecule has 1 aliphatic rings. The van der Waals surface area contributed by atoms with Crippen molar-refractivity contribution in [3.05, 3.63) is 60.7 Å². The molecule has 0 saturated heterocycles. The van der Waals surface area contributed by atoms with Crippen LogP contribution in [-0.4, -0.2) is 35.2 Å². The zero-order valence-corrected chi connectivity index (χ0v) is 20.0. The number of carboxylic acids is 1. The van der Waals surface area contributed by atoms with Gasteiger partial charge in [0.1, 0.15) is 5.75 Å². The van der Waals surface area contributed by atoms with Crippen molar-refractivity contribution >= 4 is 40.9 Å². The number of benzene rings is 2. The van der Waals surface area contributed by atoms with Gasteiger partial charge in [-0.25, -0.2) is 0 Å². The molecule has 0 radical (unpaired) electrons. The second kappa shape index (κ2) is 12.8. The van der Waals surface area contributed by atoms with Gasteiger partial charge < -0.3 is 20.5 Å². The summed E-state index contributed by atoms with van der Waals surface area (Å²) in [4.78, 5) is 37.2. The van der Waals surface area contributed by atoms with Crippen LogP contribution < -0.4 is 15.4 Å². The highest BCUT2D eigenvalue weighted by atomic mass is 32.2. The summed E-state index contributed by atoms with van der Waals surface area (Å²) in [5, 5.41) is 15.0. The third-order valence-electron chi connectivity index (χ3n) is 5.48. The number of carbonyl (C=O) groups is 3. The highest BCUT2D eigenvalue weighted by Gasteiger charge is 2.33. The minimum Gasteiger partial charge on any atom is -0.494 e. The largest absolute Gasteiger partial charge is 0.494 e. The molecule has 0 spiro atoms. The van der Waals surface area contributed by atoms with Gasteiger partial charge in [0.25, 0.3) is 0 Å². The van der Waals surface area contributed by atoms with Gasteiger partial charge in [-0.05, 0) is 67.8 Å². The van der Waals surface area contributed by atoms with Crippen molar-refractivity contribution in [2.45, 2.75) is 37.5 Å². The number of hydrogen-bond donors (Lipinski definition) is 3. The monoisotopic (exact) mass is 482 g/mol. The van der Waals surface area contributed by atoms with Crippen molar-refractivity contribution in [1.29, 1.82) is 0 Å². The van der Waals surface area contributed by atoms with Crippen LogP contribution in [0.1, 0.15) is 32.6 Å². The van der Waals surface area contributed by atoms with Gasteiger partial charge in [0.05, 0.1) is 24.2 Å². The minimum atomic E-state index is -0.953. The zero-order chi connectivity index (χ0) is 24.3. The van der Waals surface area contributed by atoms with E-state index in [1.165, 1.54) is 11.8 Å². The van der Waals surface area contributed by atoms with Crippen LogP contribution in [0.2, 0.25) is 0 Å². The number of thioether (sulfide) groups is 1. The highest BCUT2D eigenvalue weighted by molar-refractivity contribution is 8.00. The lowest BCUT2D eigenvalue weighted by molar-refractivity contribution is -0.146. The van der Waals surface area contributed by atoms with E-state index in [0.29, 0.717) is 30.8 Å². The molecule has 0 aliphatic heterocycles. The van der Waals surface area contributed by atoms with E-state index >= 15 is 0 Å². The molecular weight excluding hydrogens is 452 g/mol. The van der Waals surface area contributed by atoms with E-state index in [0.717, 1.165) is 23.5 Å². The van der Waals surface area contributed by atoms with Crippen LogP contribution in [0.5, 0.6) is 5.75 Å². The quantitative estimate of drug-likeness (QED) is 0.231. The summed E-state index contributed by atoms with van der Waals surface area (Å²) < 4.78 is 5.62. The van der Waals surface area contributed by atoms with E-state index in [2.05, 4.69) is 17.6 Å². The van der Waals surface area contributed by atoms with Crippen molar-refractivity contribution in [2.75, 3.05) is 23.0 Å². The fourth-order valence-corrected chi connectivity index (χ4v) is 4.26. The number of ether oxygens (including phenoxy) is 1. The third-order valence-corrected chi connectivity index (χ3v) is 6.49. The van der Waals surface area contributed by atoms with Gasteiger partial charge in [0.15, 0.2) is 0 Å². The van der Waals surface area contributed by atoms with Gasteiger partial charge in [-0.15, -0.1) is 11.8 Å². The predicted molar refractivity (Wildman–Crippen MR) is 134 cm³/mol. The van der Waals surface area contributed by atoms with Crippen LogP contribution in [0.25, 0.3) is 0 Å². The van der Waals surface area contributed by atoms with Gasteiger partial charge in [0, 0.05) is 16.3 Å². The average molecular weight is 483 g/mol. The Morgan fingerprint density at radius 1 is 0.941 bits per heavy atom. The first kappa shape index (κ1) is 25.4. The average Bonchev–Trinajstić information content (AvgIpc) is 2.85. The fraction of sp³-hybridized carbons (Fsp3) is 0.346. The van der Waals surface area contributed by atoms with E-state index < -0.39 is 17.8 Å². The van der Waals surface area contributed by atoms with Gasteiger partial charge in [-0.2, -0.15) is 0 Å². The van der Waals surface area contributed by atoms with E-state index in [9.17, 15) is 19.5 Å². The molecule has 3 rings (SSSR count). The summed E-state index contributed by atoms with van der Waals surface area (Å²) in [6.45, 7) is 2.79. The minimum absolute atomic E-state index is 0.118. The van der Waals surface area contributed by atoms with Crippen molar-refractivity contribution < 1.29 is 24.2 Å². The van der Waals surface area contributed by atoms with Crippen LogP contribution in [0.15, 0.2) is 65.6 Å². The van der Waals surface area contributed by atoms with E-state index in [1.807, 2.05) is 48.6 Å². The fourth-order valence-electron chi connectivity index (χ4n) is 3.56. The first-order valence-corrected chi connectivity index (χ1v) is 12.4. The number of nitrogens with one attached hydrogen (secondary N) is 2. The lowest BCUT2D eigenvalue weighted by atomic mass is 9.82. The molecule has 34 heavy (non-hydrogen) atoms. The normalized spacial score (nSPS) is 17.1. The number of unbranched alkanes of at least 4 members (excludes halogenated alkanes) is 1. The second-order valence-corrected chi connectivity index (χ2v) is 9.12. The Morgan fingerprint density at radius 3 is 2.21 bits per heavy atom.